The molecule has 0 radical (unpaired) electrons. The van der Waals surface area contributed by atoms with Gasteiger partial charge in [0.1, 0.15) is 12.0 Å². The average Bonchev–Trinajstić information content (AvgIpc) is 2.29. The number of methoxy groups -OCH3 is 1. The molecule has 0 aliphatic rings. The Labute approximate surface area is 97.0 Å². The quantitative estimate of drug-likeness (QED) is 0.687. The van der Waals surface area contributed by atoms with Crippen molar-refractivity contribution in [2.24, 2.45) is 0 Å². The van der Waals surface area contributed by atoms with Gasteiger partial charge < -0.3 is 9.53 Å². The molecule has 88 valence electrons. The molecule has 0 saturated carbocycles. The topological polar surface area (TPSA) is 29.5 Å². The standard InChI is InChI=1S/C13H19NO2/c1-4-12-9-11(5-6-13(12)16-3)10-14(2)7-8-15/h5-6,8-9H,4,7,10H2,1-3H3. The van der Waals surface area contributed by atoms with Crippen LogP contribution in [0.1, 0.15) is 18.1 Å². The van der Waals surface area contributed by atoms with Crippen molar-refractivity contribution in [3.63, 3.8) is 0 Å². The maximum atomic E-state index is 10.4. The fourth-order valence-electron chi connectivity index (χ4n) is 1.71. The summed E-state index contributed by atoms with van der Waals surface area (Å²) in [5, 5.41) is 0. The maximum absolute atomic E-state index is 10.4. The van der Waals surface area contributed by atoms with Gasteiger partial charge in [-0.05, 0) is 30.7 Å². The Balaban J connectivity index is 2.78. The van der Waals surface area contributed by atoms with Gasteiger partial charge in [0.2, 0.25) is 0 Å². The van der Waals surface area contributed by atoms with Crippen LogP contribution in [0.25, 0.3) is 0 Å². The van der Waals surface area contributed by atoms with E-state index in [9.17, 15) is 4.79 Å². The van der Waals surface area contributed by atoms with E-state index in [4.69, 9.17) is 4.74 Å². The van der Waals surface area contributed by atoms with Crippen molar-refractivity contribution >= 4 is 6.29 Å². The van der Waals surface area contributed by atoms with Gasteiger partial charge in [-0.2, -0.15) is 0 Å². The number of hydrogen-bond acceptors (Lipinski definition) is 3. The number of ether oxygens (including phenoxy) is 1. The molecule has 0 amide bonds. The SMILES string of the molecule is CCc1cc(CN(C)CC=O)ccc1OC. The minimum absolute atomic E-state index is 0.466. The summed E-state index contributed by atoms with van der Waals surface area (Å²) in [6, 6.07) is 6.17. The summed E-state index contributed by atoms with van der Waals surface area (Å²) in [4.78, 5) is 12.3. The normalized spacial score (nSPS) is 10.5. The van der Waals surface area contributed by atoms with Gasteiger partial charge in [-0.3, -0.25) is 4.90 Å². The third kappa shape index (κ3) is 3.35. The van der Waals surface area contributed by atoms with E-state index in [-0.39, 0.29) is 0 Å². The van der Waals surface area contributed by atoms with Gasteiger partial charge in [-0.25, -0.2) is 0 Å². The Morgan fingerprint density at radius 2 is 2.19 bits per heavy atom. The summed E-state index contributed by atoms with van der Waals surface area (Å²) >= 11 is 0. The van der Waals surface area contributed by atoms with Crippen molar-refractivity contribution < 1.29 is 9.53 Å². The highest BCUT2D eigenvalue weighted by molar-refractivity contribution is 5.51. The molecule has 0 heterocycles. The highest BCUT2D eigenvalue weighted by Gasteiger charge is 2.04. The first-order valence-electron chi connectivity index (χ1n) is 5.49. The molecule has 3 heteroatoms. The molecule has 0 atom stereocenters. The molecule has 1 aromatic rings. The number of likely N-dealkylation sites (N-methyl/N-ethyl adjacent to an activating group) is 1. The predicted molar refractivity (Wildman–Crippen MR) is 64.8 cm³/mol. The van der Waals surface area contributed by atoms with Gasteiger partial charge in [0.15, 0.2) is 0 Å². The van der Waals surface area contributed by atoms with Crippen molar-refractivity contribution in [1.29, 1.82) is 0 Å². The first kappa shape index (κ1) is 12.7. The number of aryl methyl sites for hydroxylation is 1. The van der Waals surface area contributed by atoms with Gasteiger partial charge >= 0.3 is 0 Å². The zero-order chi connectivity index (χ0) is 12.0. The molecule has 0 saturated heterocycles. The molecule has 0 unspecified atom stereocenters. The Hall–Kier alpha value is -1.35. The van der Waals surface area contributed by atoms with Crippen LogP contribution >= 0.6 is 0 Å². The second-order valence-corrected chi connectivity index (χ2v) is 3.86. The molecule has 0 aromatic heterocycles. The highest BCUT2D eigenvalue weighted by Crippen LogP contribution is 2.20. The number of carbonyl (C=O) groups excluding carboxylic acids is 1. The van der Waals surface area contributed by atoms with Gasteiger partial charge in [-0.1, -0.05) is 19.1 Å². The van der Waals surface area contributed by atoms with E-state index in [0.29, 0.717) is 6.54 Å². The number of nitrogens with zero attached hydrogens (tertiary/aromatic N) is 1. The molecule has 0 fully saturated rings. The van der Waals surface area contributed by atoms with Crippen molar-refractivity contribution in [2.75, 3.05) is 20.7 Å². The fourth-order valence-corrected chi connectivity index (χ4v) is 1.71. The lowest BCUT2D eigenvalue weighted by Crippen LogP contribution is -2.19. The highest BCUT2D eigenvalue weighted by atomic mass is 16.5. The predicted octanol–water partition coefficient (Wildman–Crippen LogP) is 1.89. The molecule has 1 aromatic carbocycles. The number of aldehydes is 1. The molecule has 3 nitrogen and oxygen atoms in total. The van der Waals surface area contributed by atoms with Gasteiger partial charge in [-0.15, -0.1) is 0 Å². The molecule has 0 aliphatic carbocycles. The van der Waals surface area contributed by atoms with E-state index in [1.54, 1.807) is 7.11 Å². The summed E-state index contributed by atoms with van der Waals surface area (Å²) in [5.41, 5.74) is 2.42. The first-order valence-corrected chi connectivity index (χ1v) is 5.49. The van der Waals surface area contributed by atoms with Crippen LogP contribution in [0, 0.1) is 0 Å². The van der Waals surface area contributed by atoms with E-state index in [2.05, 4.69) is 13.0 Å². The molecule has 0 spiro atoms. The van der Waals surface area contributed by atoms with Crippen LogP contribution in [-0.2, 0) is 17.8 Å². The third-order valence-electron chi connectivity index (χ3n) is 2.56. The van der Waals surface area contributed by atoms with Gasteiger partial charge in [0, 0.05) is 6.54 Å². The van der Waals surface area contributed by atoms with Crippen LogP contribution in [0.5, 0.6) is 5.75 Å². The largest absolute Gasteiger partial charge is 0.496 e. The van der Waals surface area contributed by atoms with Crippen LogP contribution in [-0.4, -0.2) is 31.9 Å². The van der Waals surface area contributed by atoms with Gasteiger partial charge in [0.25, 0.3) is 0 Å². The second-order valence-electron chi connectivity index (χ2n) is 3.86. The second kappa shape index (κ2) is 6.28. The maximum Gasteiger partial charge on any atom is 0.133 e. The van der Waals surface area contributed by atoms with Crippen molar-refractivity contribution in [3.8, 4) is 5.75 Å². The summed E-state index contributed by atoms with van der Waals surface area (Å²) in [7, 11) is 3.62. The lowest BCUT2D eigenvalue weighted by molar-refractivity contribution is -0.108. The zero-order valence-corrected chi connectivity index (χ0v) is 10.2. The first-order chi connectivity index (χ1) is 7.71. The molecule has 0 bridgehead atoms. The zero-order valence-electron chi connectivity index (χ0n) is 10.2. The van der Waals surface area contributed by atoms with Crippen molar-refractivity contribution in [2.45, 2.75) is 19.9 Å². The summed E-state index contributed by atoms with van der Waals surface area (Å²) in [6.07, 6.45) is 1.87. The van der Waals surface area contributed by atoms with E-state index < -0.39 is 0 Å². The fraction of sp³-hybridized carbons (Fsp3) is 0.462. The van der Waals surface area contributed by atoms with Crippen LogP contribution in [0.15, 0.2) is 18.2 Å². The smallest absolute Gasteiger partial charge is 0.133 e. The Kier molecular flexibility index (Phi) is 4.99. The minimum Gasteiger partial charge on any atom is -0.496 e. The lowest BCUT2D eigenvalue weighted by Gasteiger charge is -2.15. The summed E-state index contributed by atoms with van der Waals surface area (Å²) in [5.74, 6) is 0.935. The number of hydrogen-bond donors (Lipinski definition) is 0. The minimum atomic E-state index is 0.466. The summed E-state index contributed by atoms with van der Waals surface area (Å²) in [6.45, 7) is 3.36. The van der Waals surface area contributed by atoms with E-state index >= 15 is 0 Å². The average molecular weight is 221 g/mol. The lowest BCUT2D eigenvalue weighted by atomic mass is 10.1. The molecule has 0 aliphatic heterocycles. The number of benzene rings is 1. The Morgan fingerprint density at radius 3 is 2.75 bits per heavy atom. The third-order valence-corrected chi connectivity index (χ3v) is 2.56. The molecule has 1 rings (SSSR count). The van der Waals surface area contributed by atoms with Gasteiger partial charge in [0.05, 0.1) is 13.7 Å². The summed E-state index contributed by atoms with van der Waals surface area (Å²) < 4.78 is 5.27. The monoisotopic (exact) mass is 221 g/mol. The molecule has 16 heavy (non-hydrogen) atoms. The number of carbonyl (C=O) groups is 1. The Morgan fingerprint density at radius 1 is 1.44 bits per heavy atom. The Bertz CT molecular complexity index is 350. The van der Waals surface area contributed by atoms with E-state index in [0.717, 1.165) is 25.0 Å². The molecular formula is C13H19NO2. The van der Waals surface area contributed by atoms with Crippen molar-refractivity contribution in [3.05, 3.63) is 29.3 Å². The van der Waals surface area contributed by atoms with Crippen LogP contribution in [0.3, 0.4) is 0 Å². The van der Waals surface area contributed by atoms with Crippen LogP contribution < -0.4 is 4.74 Å². The van der Waals surface area contributed by atoms with E-state index in [1.807, 2.05) is 24.1 Å². The van der Waals surface area contributed by atoms with Crippen LogP contribution in [0.2, 0.25) is 0 Å². The number of rotatable bonds is 6. The molecule has 0 N–H and O–H groups in total. The molecular weight excluding hydrogens is 202 g/mol. The van der Waals surface area contributed by atoms with Crippen molar-refractivity contribution in [1.82, 2.24) is 4.90 Å². The van der Waals surface area contributed by atoms with Crippen LogP contribution in [0.4, 0.5) is 0 Å². The van der Waals surface area contributed by atoms with E-state index in [1.165, 1.54) is 11.1 Å².